The summed E-state index contributed by atoms with van der Waals surface area (Å²) in [7, 11) is -3.55. The zero-order valence-corrected chi connectivity index (χ0v) is 15.1. The fraction of sp³-hybridized carbons (Fsp3) is 0.167. The number of anilines is 2. The highest BCUT2D eigenvalue weighted by molar-refractivity contribution is 7.92. The van der Waals surface area contributed by atoms with Crippen LogP contribution in [-0.4, -0.2) is 21.2 Å². The Morgan fingerprint density at radius 3 is 2.50 bits per heavy atom. The van der Waals surface area contributed by atoms with Crippen molar-refractivity contribution in [2.45, 2.75) is 6.92 Å². The highest BCUT2D eigenvalue weighted by Gasteiger charge is 2.15. The van der Waals surface area contributed by atoms with E-state index >= 15 is 0 Å². The fourth-order valence-corrected chi connectivity index (χ4v) is 3.01. The first-order chi connectivity index (χ1) is 12.4. The minimum Gasteiger partial charge on any atom is -0.462 e. The molecule has 0 radical (unpaired) electrons. The van der Waals surface area contributed by atoms with Crippen molar-refractivity contribution < 1.29 is 17.6 Å². The van der Waals surface area contributed by atoms with Crippen molar-refractivity contribution >= 4 is 32.4 Å². The van der Waals surface area contributed by atoms with E-state index in [1.807, 2.05) is 13.0 Å². The first-order valence-electron chi connectivity index (χ1n) is 7.91. The van der Waals surface area contributed by atoms with Gasteiger partial charge in [-0.25, -0.2) is 8.42 Å². The van der Waals surface area contributed by atoms with Crippen molar-refractivity contribution in [2.24, 2.45) is 0 Å². The second kappa shape index (κ2) is 7.09. The van der Waals surface area contributed by atoms with Crippen molar-refractivity contribution in [1.29, 1.82) is 0 Å². The van der Waals surface area contributed by atoms with E-state index < -0.39 is 10.0 Å². The van der Waals surface area contributed by atoms with Crippen LogP contribution in [0.1, 0.15) is 6.92 Å². The molecular weight excluding hydrogens is 356 g/mol. The molecular formula is C18H18N2O5S. The number of nitrogens with one attached hydrogen (secondary N) is 2. The average molecular weight is 374 g/mol. The van der Waals surface area contributed by atoms with Crippen molar-refractivity contribution in [3.63, 3.8) is 0 Å². The zero-order chi connectivity index (χ0) is 18.7. The summed E-state index contributed by atoms with van der Waals surface area (Å²) in [6.45, 7) is 2.43. The number of benzene rings is 2. The van der Waals surface area contributed by atoms with Crippen molar-refractivity contribution in [3.05, 3.63) is 59.0 Å². The SMILES string of the molecule is CCNc1coc2cc(NS(C)(=O)=O)c(Oc3ccccc3)cc2c1=O. The summed E-state index contributed by atoms with van der Waals surface area (Å²) in [5.41, 5.74) is 0.512. The van der Waals surface area contributed by atoms with Crippen LogP contribution >= 0.6 is 0 Å². The smallest absolute Gasteiger partial charge is 0.229 e. The molecule has 3 rings (SSSR count). The van der Waals surface area contributed by atoms with Crippen LogP contribution in [0.4, 0.5) is 11.4 Å². The largest absolute Gasteiger partial charge is 0.462 e. The molecule has 0 aliphatic carbocycles. The molecule has 0 spiro atoms. The average Bonchev–Trinajstić information content (AvgIpc) is 2.58. The Kier molecular flexibility index (Phi) is 4.85. The van der Waals surface area contributed by atoms with Gasteiger partial charge >= 0.3 is 0 Å². The number of sulfonamides is 1. The van der Waals surface area contributed by atoms with Gasteiger partial charge in [0.15, 0.2) is 5.75 Å². The van der Waals surface area contributed by atoms with Gasteiger partial charge in [-0.2, -0.15) is 0 Å². The van der Waals surface area contributed by atoms with Crippen LogP contribution in [0.3, 0.4) is 0 Å². The van der Waals surface area contributed by atoms with Gasteiger partial charge in [0.25, 0.3) is 0 Å². The molecule has 0 amide bonds. The van der Waals surface area contributed by atoms with Crippen LogP contribution in [0.15, 0.2) is 57.9 Å². The molecule has 26 heavy (non-hydrogen) atoms. The van der Waals surface area contributed by atoms with Crippen LogP contribution in [0.2, 0.25) is 0 Å². The lowest BCUT2D eigenvalue weighted by Gasteiger charge is -2.13. The molecule has 1 heterocycles. The maximum Gasteiger partial charge on any atom is 0.229 e. The Balaban J connectivity index is 2.18. The van der Waals surface area contributed by atoms with Gasteiger partial charge in [0.05, 0.1) is 17.3 Å². The highest BCUT2D eigenvalue weighted by Crippen LogP contribution is 2.34. The molecule has 0 unspecified atom stereocenters. The summed E-state index contributed by atoms with van der Waals surface area (Å²) >= 11 is 0. The first-order valence-corrected chi connectivity index (χ1v) is 9.80. The molecule has 7 nitrogen and oxygen atoms in total. The second-order valence-corrected chi connectivity index (χ2v) is 7.39. The topological polar surface area (TPSA) is 97.6 Å². The van der Waals surface area contributed by atoms with Gasteiger partial charge < -0.3 is 14.5 Å². The molecule has 0 aliphatic rings. The Bertz CT molecular complexity index is 1090. The van der Waals surface area contributed by atoms with E-state index in [1.54, 1.807) is 24.3 Å². The molecule has 136 valence electrons. The van der Waals surface area contributed by atoms with E-state index in [1.165, 1.54) is 18.4 Å². The molecule has 0 saturated heterocycles. The van der Waals surface area contributed by atoms with Gasteiger partial charge in [-0.15, -0.1) is 0 Å². The summed E-state index contributed by atoms with van der Waals surface area (Å²) in [4.78, 5) is 12.6. The summed E-state index contributed by atoms with van der Waals surface area (Å²) in [5, 5.41) is 3.22. The number of rotatable bonds is 6. The van der Waals surface area contributed by atoms with Gasteiger partial charge in [0.2, 0.25) is 15.5 Å². The number of hydrogen-bond acceptors (Lipinski definition) is 6. The molecule has 0 aliphatic heterocycles. The van der Waals surface area contributed by atoms with E-state index in [9.17, 15) is 13.2 Å². The normalized spacial score (nSPS) is 11.3. The van der Waals surface area contributed by atoms with E-state index in [-0.39, 0.29) is 27.8 Å². The van der Waals surface area contributed by atoms with Gasteiger partial charge in [-0.1, -0.05) is 18.2 Å². The third-order valence-electron chi connectivity index (χ3n) is 3.51. The summed E-state index contributed by atoms with van der Waals surface area (Å²) in [5.74, 6) is 0.714. The second-order valence-electron chi connectivity index (χ2n) is 5.64. The molecule has 0 fully saturated rings. The Labute approximate surface area is 150 Å². The zero-order valence-electron chi connectivity index (χ0n) is 14.3. The predicted molar refractivity (Wildman–Crippen MR) is 102 cm³/mol. The van der Waals surface area contributed by atoms with Gasteiger partial charge in [-0.05, 0) is 25.1 Å². The molecule has 2 aromatic carbocycles. The Hall–Kier alpha value is -3.00. The lowest BCUT2D eigenvalue weighted by molar-refractivity contribution is 0.485. The minimum absolute atomic E-state index is 0.184. The van der Waals surface area contributed by atoms with Crippen LogP contribution in [0.5, 0.6) is 11.5 Å². The molecule has 2 N–H and O–H groups in total. The van der Waals surface area contributed by atoms with E-state index in [0.717, 1.165) is 6.26 Å². The molecule has 0 saturated carbocycles. The Morgan fingerprint density at radius 1 is 1.12 bits per heavy atom. The summed E-state index contributed by atoms with van der Waals surface area (Å²) in [6.07, 6.45) is 2.35. The van der Waals surface area contributed by atoms with Crippen molar-refractivity contribution in [2.75, 3.05) is 22.8 Å². The first kappa shape index (κ1) is 17.8. The maximum atomic E-state index is 12.6. The fourth-order valence-electron chi connectivity index (χ4n) is 2.45. The monoisotopic (exact) mass is 374 g/mol. The highest BCUT2D eigenvalue weighted by atomic mass is 32.2. The lowest BCUT2D eigenvalue weighted by Crippen LogP contribution is -2.13. The molecule has 3 aromatic rings. The molecule has 0 bridgehead atoms. The number of fused-ring (bicyclic) bond motifs is 1. The minimum atomic E-state index is -3.55. The van der Waals surface area contributed by atoms with Gasteiger partial charge in [-0.3, -0.25) is 9.52 Å². The molecule has 1 aromatic heterocycles. The lowest BCUT2D eigenvalue weighted by atomic mass is 10.2. The summed E-state index contributed by atoms with van der Waals surface area (Å²) in [6, 6.07) is 11.8. The number of ether oxygens (including phenoxy) is 1. The van der Waals surface area contributed by atoms with Crippen molar-refractivity contribution in [3.8, 4) is 11.5 Å². The van der Waals surface area contributed by atoms with E-state index in [0.29, 0.717) is 18.0 Å². The van der Waals surface area contributed by atoms with E-state index in [4.69, 9.17) is 9.15 Å². The predicted octanol–water partition coefficient (Wildman–Crippen LogP) is 3.39. The number of hydrogen-bond donors (Lipinski definition) is 2. The third kappa shape index (κ3) is 3.97. The molecule has 8 heteroatoms. The van der Waals surface area contributed by atoms with Crippen LogP contribution in [-0.2, 0) is 10.0 Å². The maximum absolute atomic E-state index is 12.6. The molecule has 0 atom stereocenters. The van der Waals surface area contributed by atoms with Crippen LogP contribution in [0.25, 0.3) is 11.0 Å². The summed E-state index contributed by atoms with van der Waals surface area (Å²) < 4.78 is 37.0. The standard InChI is InChI=1S/C18H18N2O5S/c1-3-19-15-11-24-16-10-14(20-26(2,22)23)17(9-13(16)18(15)21)25-12-7-5-4-6-8-12/h4-11,19-20H,3H2,1-2H3. The van der Waals surface area contributed by atoms with Gasteiger partial charge in [0.1, 0.15) is 23.3 Å². The van der Waals surface area contributed by atoms with Gasteiger partial charge in [0, 0.05) is 12.6 Å². The quantitative estimate of drug-likeness (QED) is 0.686. The third-order valence-corrected chi connectivity index (χ3v) is 4.10. The number of para-hydroxylation sites is 1. The van der Waals surface area contributed by atoms with Crippen LogP contribution in [0, 0.1) is 0 Å². The van der Waals surface area contributed by atoms with Crippen molar-refractivity contribution in [1.82, 2.24) is 0 Å². The van der Waals surface area contributed by atoms with E-state index in [2.05, 4.69) is 10.0 Å². The Morgan fingerprint density at radius 2 is 1.85 bits per heavy atom. The van der Waals surface area contributed by atoms with Crippen LogP contribution < -0.4 is 20.2 Å².